The fraction of sp³-hybridized carbons (Fsp3) is 0.588. The molecule has 1 unspecified atom stereocenters. The van der Waals surface area contributed by atoms with E-state index in [4.69, 9.17) is 9.26 Å². The van der Waals surface area contributed by atoms with Gasteiger partial charge in [-0.1, -0.05) is 5.16 Å². The summed E-state index contributed by atoms with van der Waals surface area (Å²) in [5.74, 6) is 0.607. The van der Waals surface area contributed by atoms with Crippen LogP contribution in [-0.2, 0) is 24.8 Å². The molecule has 2 aromatic rings. The smallest absolute Gasteiger partial charge is 0.272 e. The van der Waals surface area contributed by atoms with Crippen molar-refractivity contribution in [1.82, 2.24) is 25.2 Å². The molecule has 1 saturated heterocycles. The quantitative estimate of drug-likeness (QED) is 0.801. The molecule has 8 nitrogen and oxygen atoms in total. The number of carbonyl (C=O) groups excluding carboxylic acids is 1. The van der Waals surface area contributed by atoms with Crippen LogP contribution in [0.25, 0.3) is 0 Å². The van der Waals surface area contributed by atoms with Crippen molar-refractivity contribution in [3.8, 4) is 0 Å². The zero-order valence-electron chi connectivity index (χ0n) is 15.0. The van der Waals surface area contributed by atoms with Crippen LogP contribution in [0.4, 0.5) is 0 Å². The fourth-order valence-electron chi connectivity index (χ4n) is 3.14. The Morgan fingerprint density at radius 2 is 2.36 bits per heavy atom. The molecule has 0 spiro atoms. The number of ether oxygens (including phenoxy) is 1. The highest BCUT2D eigenvalue weighted by Crippen LogP contribution is 2.17. The Bertz CT molecular complexity index is 724. The monoisotopic (exact) mass is 347 g/mol. The van der Waals surface area contributed by atoms with Crippen LogP contribution < -0.4 is 5.32 Å². The summed E-state index contributed by atoms with van der Waals surface area (Å²) in [7, 11) is 3.58. The van der Waals surface area contributed by atoms with Gasteiger partial charge in [0.1, 0.15) is 5.76 Å². The SMILES string of the molecule is COC1CCN(Cc2cn(C)nc2C(=O)NCCc2cc(C)no2)C1. The molecule has 8 heteroatoms. The van der Waals surface area contributed by atoms with Gasteiger partial charge in [-0.15, -0.1) is 0 Å². The standard InChI is InChI=1S/C17H25N5O3/c1-12-8-14(25-20-12)4-6-18-17(23)16-13(9-21(2)19-16)10-22-7-5-15(11-22)24-3/h8-9,15H,4-7,10-11H2,1-3H3,(H,18,23). The minimum Gasteiger partial charge on any atom is -0.380 e. The molecule has 1 atom stereocenters. The van der Waals surface area contributed by atoms with E-state index in [9.17, 15) is 4.79 Å². The molecular weight excluding hydrogens is 322 g/mol. The average Bonchev–Trinajstić information content (AvgIpc) is 3.28. The highest BCUT2D eigenvalue weighted by Gasteiger charge is 2.25. The number of hydrogen-bond acceptors (Lipinski definition) is 6. The van der Waals surface area contributed by atoms with E-state index in [1.165, 1.54) is 0 Å². The van der Waals surface area contributed by atoms with Gasteiger partial charge in [0, 0.05) is 64.6 Å². The summed E-state index contributed by atoms with van der Waals surface area (Å²) in [5, 5.41) is 11.1. The van der Waals surface area contributed by atoms with Crippen molar-refractivity contribution in [2.24, 2.45) is 7.05 Å². The first-order valence-electron chi connectivity index (χ1n) is 8.53. The van der Waals surface area contributed by atoms with E-state index in [0.717, 1.165) is 36.5 Å². The lowest BCUT2D eigenvalue weighted by molar-refractivity contribution is 0.0945. The van der Waals surface area contributed by atoms with E-state index in [0.29, 0.717) is 25.2 Å². The van der Waals surface area contributed by atoms with Crippen molar-refractivity contribution >= 4 is 5.91 Å². The molecule has 1 amide bonds. The largest absolute Gasteiger partial charge is 0.380 e. The molecule has 0 aromatic carbocycles. The van der Waals surface area contributed by atoms with Gasteiger partial charge in [-0.3, -0.25) is 14.4 Å². The Morgan fingerprint density at radius 3 is 3.04 bits per heavy atom. The number of methoxy groups -OCH3 is 1. The zero-order chi connectivity index (χ0) is 17.8. The summed E-state index contributed by atoms with van der Waals surface area (Å²) >= 11 is 0. The van der Waals surface area contributed by atoms with Gasteiger partial charge < -0.3 is 14.6 Å². The van der Waals surface area contributed by atoms with E-state index in [2.05, 4.69) is 20.5 Å². The lowest BCUT2D eigenvalue weighted by Gasteiger charge is -2.15. The van der Waals surface area contributed by atoms with Crippen molar-refractivity contribution in [3.63, 3.8) is 0 Å². The molecule has 3 rings (SSSR count). The summed E-state index contributed by atoms with van der Waals surface area (Å²) in [6, 6.07) is 1.87. The molecule has 136 valence electrons. The van der Waals surface area contributed by atoms with Gasteiger partial charge in [-0.05, 0) is 13.3 Å². The third-order valence-electron chi connectivity index (χ3n) is 4.41. The molecule has 25 heavy (non-hydrogen) atoms. The van der Waals surface area contributed by atoms with Crippen LogP contribution >= 0.6 is 0 Å². The molecule has 1 aliphatic rings. The first kappa shape index (κ1) is 17.6. The molecule has 0 saturated carbocycles. The van der Waals surface area contributed by atoms with Crippen molar-refractivity contribution < 1.29 is 14.1 Å². The van der Waals surface area contributed by atoms with Crippen LogP contribution in [0.1, 0.15) is 33.9 Å². The Hall–Kier alpha value is -2.19. The average molecular weight is 347 g/mol. The lowest BCUT2D eigenvalue weighted by atomic mass is 10.2. The molecule has 0 bridgehead atoms. The number of nitrogens with one attached hydrogen (secondary N) is 1. The zero-order valence-corrected chi connectivity index (χ0v) is 15.0. The van der Waals surface area contributed by atoms with Gasteiger partial charge in [0.15, 0.2) is 5.69 Å². The predicted octanol–water partition coefficient (Wildman–Crippen LogP) is 0.910. The van der Waals surface area contributed by atoms with E-state index >= 15 is 0 Å². The van der Waals surface area contributed by atoms with Crippen LogP contribution in [0.3, 0.4) is 0 Å². The Labute approximate surface area is 147 Å². The highest BCUT2D eigenvalue weighted by atomic mass is 16.5. The normalized spacial score (nSPS) is 18.0. The van der Waals surface area contributed by atoms with Gasteiger partial charge in [-0.2, -0.15) is 5.10 Å². The van der Waals surface area contributed by atoms with Gasteiger partial charge in [0.25, 0.3) is 5.91 Å². The number of rotatable bonds is 7. The maximum atomic E-state index is 12.5. The number of nitrogens with zero attached hydrogens (tertiary/aromatic N) is 4. The first-order valence-corrected chi connectivity index (χ1v) is 8.53. The number of aryl methyl sites for hydroxylation is 2. The third kappa shape index (κ3) is 4.46. The van der Waals surface area contributed by atoms with Crippen LogP contribution in [0, 0.1) is 6.92 Å². The second-order valence-corrected chi connectivity index (χ2v) is 6.50. The molecular formula is C17H25N5O3. The highest BCUT2D eigenvalue weighted by molar-refractivity contribution is 5.93. The maximum Gasteiger partial charge on any atom is 0.272 e. The summed E-state index contributed by atoms with van der Waals surface area (Å²) in [4.78, 5) is 14.8. The van der Waals surface area contributed by atoms with Crippen molar-refractivity contribution in [2.45, 2.75) is 32.4 Å². The number of aromatic nitrogens is 3. The van der Waals surface area contributed by atoms with Gasteiger partial charge in [0.05, 0.1) is 11.8 Å². The van der Waals surface area contributed by atoms with Crippen molar-refractivity contribution in [2.75, 3.05) is 26.7 Å². The summed E-state index contributed by atoms with van der Waals surface area (Å²) in [5.41, 5.74) is 2.26. The van der Waals surface area contributed by atoms with Crippen LogP contribution in [0.5, 0.6) is 0 Å². The minimum absolute atomic E-state index is 0.158. The summed E-state index contributed by atoms with van der Waals surface area (Å²) in [6.45, 7) is 4.92. The van der Waals surface area contributed by atoms with Gasteiger partial charge in [0.2, 0.25) is 0 Å². The van der Waals surface area contributed by atoms with Crippen LogP contribution in [0.15, 0.2) is 16.8 Å². The van der Waals surface area contributed by atoms with Gasteiger partial charge >= 0.3 is 0 Å². The summed E-state index contributed by atoms with van der Waals surface area (Å²) in [6.07, 6.45) is 3.82. The van der Waals surface area contributed by atoms with Crippen LogP contribution in [0.2, 0.25) is 0 Å². The van der Waals surface area contributed by atoms with E-state index in [1.54, 1.807) is 11.8 Å². The molecule has 3 heterocycles. The van der Waals surface area contributed by atoms with E-state index in [-0.39, 0.29) is 12.0 Å². The first-order chi connectivity index (χ1) is 12.0. The van der Waals surface area contributed by atoms with E-state index < -0.39 is 0 Å². The van der Waals surface area contributed by atoms with Crippen molar-refractivity contribution in [3.05, 3.63) is 35.0 Å². The lowest BCUT2D eigenvalue weighted by Crippen LogP contribution is -2.28. The summed E-state index contributed by atoms with van der Waals surface area (Å²) < 4.78 is 12.2. The number of carbonyl (C=O) groups is 1. The number of likely N-dealkylation sites (tertiary alicyclic amines) is 1. The Morgan fingerprint density at radius 1 is 1.52 bits per heavy atom. The second kappa shape index (κ2) is 7.79. The maximum absolute atomic E-state index is 12.5. The fourth-order valence-corrected chi connectivity index (χ4v) is 3.14. The topological polar surface area (TPSA) is 85.4 Å². The predicted molar refractivity (Wildman–Crippen MR) is 91.2 cm³/mol. The van der Waals surface area contributed by atoms with Gasteiger partial charge in [-0.25, -0.2) is 0 Å². The van der Waals surface area contributed by atoms with Crippen molar-refractivity contribution in [1.29, 1.82) is 0 Å². The molecule has 0 radical (unpaired) electrons. The number of amides is 1. The Kier molecular flexibility index (Phi) is 5.50. The molecule has 1 aliphatic heterocycles. The van der Waals surface area contributed by atoms with Crippen LogP contribution in [-0.4, -0.2) is 58.6 Å². The molecule has 0 aliphatic carbocycles. The number of hydrogen-bond donors (Lipinski definition) is 1. The minimum atomic E-state index is -0.158. The van der Waals surface area contributed by atoms with E-state index in [1.807, 2.05) is 26.2 Å². The Balaban J connectivity index is 1.56. The molecule has 1 N–H and O–H groups in total. The second-order valence-electron chi connectivity index (χ2n) is 6.50. The third-order valence-corrected chi connectivity index (χ3v) is 4.41. The molecule has 2 aromatic heterocycles. The molecule has 1 fully saturated rings.